The highest BCUT2D eigenvalue weighted by atomic mass is 79.9. The zero-order valence-corrected chi connectivity index (χ0v) is 13.0. The fourth-order valence-electron chi connectivity index (χ4n) is 2.06. The lowest BCUT2D eigenvalue weighted by Crippen LogP contribution is -2.24. The van der Waals surface area contributed by atoms with Crippen LogP contribution in [-0.4, -0.2) is 37.1 Å². The Morgan fingerprint density at radius 1 is 1.26 bits per heavy atom. The minimum atomic E-state index is 0.718. The van der Waals surface area contributed by atoms with Crippen LogP contribution < -0.4 is 4.90 Å². The van der Waals surface area contributed by atoms with E-state index in [0.717, 1.165) is 36.4 Å². The van der Waals surface area contributed by atoms with Crippen LogP contribution in [0.25, 0.3) is 10.9 Å². The number of rotatable bonds is 6. The van der Waals surface area contributed by atoms with Crippen LogP contribution in [0.15, 0.2) is 30.3 Å². The summed E-state index contributed by atoms with van der Waals surface area (Å²) in [4.78, 5) is 6.88. The Hall–Kier alpha value is -1.13. The molecule has 0 atom stereocenters. The Morgan fingerprint density at radius 2 is 2.05 bits per heavy atom. The number of alkyl halides is 1. The van der Waals surface area contributed by atoms with Crippen molar-refractivity contribution in [2.75, 3.05) is 37.0 Å². The molecule has 4 heteroatoms. The van der Waals surface area contributed by atoms with Gasteiger partial charge in [-0.1, -0.05) is 34.1 Å². The van der Waals surface area contributed by atoms with E-state index in [-0.39, 0.29) is 0 Å². The van der Waals surface area contributed by atoms with Crippen molar-refractivity contribution in [2.24, 2.45) is 0 Å². The number of nitrogens with zero attached hydrogens (tertiary/aromatic N) is 2. The molecule has 0 N–H and O–H groups in total. The molecule has 3 nitrogen and oxygen atoms in total. The number of ether oxygens (including phenoxy) is 1. The molecule has 0 fully saturated rings. The van der Waals surface area contributed by atoms with Crippen LogP contribution in [0, 0.1) is 6.92 Å². The number of halogens is 1. The van der Waals surface area contributed by atoms with Crippen molar-refractivity contribution >= 4 is 32.7 Å². The minimum absolute atomic E-state index is 0.718. The van der Waals surface area contributed by atoms with Crippen LogP contribution in [0.3, 0.4) is 0 Å². The third-order valence-electron chi connectivity index (χ3n) is 3.04. The Kier molecular flexibility index (Phi) is 5.16. The highest BCUT2D eigenvalue weighted by Crippen LogP contribution is 2.21. The van der Waals surface area contributed by atoms with E-state index in [4.69, 9.17) is 9.72 Å². The van der Waals surface area contributed by atoms with E-state index in [1.165, 1.54) is 10.9 Å². The van der Waals surface area contributed by atoms with Gasteiger partial charge in [-0.3, -0.25) is 0 Å². The van der Waals surface area contributed by atoms with Crippen LogP contribution in [0.4, 0.5) is 5.82 Å². The number of fused-ring (bicyclic) bond motifs is 1. The lowest BCUT2D eigenvalue weighted by atomic mass is 10.1. The predicted octanol–water partition coefficient (Wildman–Crippen LogP) is 3.39. The molecule has 0 aliphatic carbocycles. The first-order chi connectivity index (χ1) is 9.22. The Bertz CT molecular complexity index is 545. The maximum Gasteiger partial charge on any atom is 0.132 e. The standard InChI is InChI=1S/C15H19BrN2O/c1-12-11-13-5-3-4-6-14(13)17-15(12)18(2)8-10-19-9-7-16/h3-6,11H,7-10H2,1-2H3. The number of pyridine rings is 1. The van der Waals surface area contributed by atoms with E-state index in [2.05, 4.69) is 46.9 Å². The van der Waals surface area contributed by atoms with Crippen LogP contribution in [0.2, 0.25) is 0 Å². The smallest absolute Gasteiger partial charge is 0.132 e. The molecule has 2 aromatic rings. The van der Waals surface area contributed by atoms with Crippen LogP contribution in [0.5, 0.6) is 0 Å². The molecule has 0 unspecified atom stereocenters. The molecule has 102 valence electrons. The maximum atomic E-state index is 5.49. The van der Waals surface area contributed by atoms with Gasteiger partial charge in [0.05, 0.1) is 18.7 Å². The lowest BCUT2D eigenvalue weighted by Gasteiger charge is -2.20. The molecule has 1 heterocycles. The summed E-state index contributed by atoms with van der Waals surface area (Å²) in [6, 6.07) is 10.4. The van der Waals surface area contributed by atoms with Crippen molar-refractivity contribution in [3.8, 4) is 0 Å². The molecule has 0 saturated heterocycles. The number of aryl methyl sites for hydroxylation is 1. The van der Waals surface area contributed by atoms with Crippen LogP contribution in [-0.2, 0) is 4.74 Å². The van der Waals surface area contributed by atoms with Gasteiger partial charge in [0, 0.05) is 24.3 Å². The Morgan fingerprint density at radius 3 is 2.84 bits per heavy atom. The summed E-state index contributed by atoms with van der Waals surface area (Å²) in [7, 11) is 2.06. The average Bonchev–Trinajstić information content (AvgIpc) is 2.42. The number of benzene rings is 1. The summed E-state index contributed by atoms with van der Waals surface area (Å²) in [5.74, 6) is 1.03. The Balaban J connectivity index is 2.12. The lowest BCUT2D eigenvalue weighted by molar-refractivity contribution is 0.157. The van der Waals surface area contributed by atoms with Gasteiger partial charge in [0.15, 0.2) is 0 Å². The second-order valence-corrected chi connectivity index (χ2v) is 5.34. The molecular formula is C15H19BrN2O. The van der Waals surface area contributed by atoms with E-state index in [1.807, 2.05) is 18.2 Å². The van der Waals surface area contributed by atoms with Gasteiger partial charge in [-0.2, -0.15) is 0 Å². The second-order valence-electron chi connectivity index (χ2n) is 4.54. The number of hydrogen-bond donors (Lipinski definition) is 0. The van der Waals surface area contributed by atoms with Crippen molar-refractivity contribution in [2.45, 2.75) is 6.92 Å². The molecule has 0 radical (unpaired) electrons. The molecule has 1 aromatic carbocycles. The summed E-state index contributed by atoms with van der Waals surface area (Å²) in [6.07, 6.45) is 0. The fraction of sp³-hybridized carbons (Fsp3) is 0.400. The van der Waals surface area contributed by atoms with Gasteiger partial charge in [-0.25, -0.2) is 4.98 Å². The highest BCUT2D eigenvalue weighted by molar-refractivity contribution is 9.09. The molecule has 0 saturated carbocycles. The van der Waals surface area contributed by atoms with Crippen molar-refractivity contribution in [3.05, 3.63) is 35.9 Å². The maximum absolute atomic E-state index is 5.49. The third kappa shape index (κ3) is 3.67. The zero-order valence-electron chi connectivity index (χ0n) is 11.4. The molecule has 0 aliphatic heterocycles. The van der Waals surface area contributed by atoms with Gasteiger partial charge < -0.3 is 9.64 Å². The molecule has 2 rings (SSSR count). The summed E-state index contributed by atoms with van der Waals surface area (Å²) >= 11 is 3.35. The van der Waals surface area contributed by atoms with Gasteiger partial charge in [-0.05, 0) is 24.6 Å². The van der Waals surface area contributed by atoms with E-state index in [1.54, 1.807) is 0 Å². The second kappa shape index (κ2) is 6.87. The minimum Gasteiger partial charge on any atom is -0.379 e. The monoisotopic (exact) mass is 322 g/mol. The first kappa shape index (κ1) is 14.3. The van der Waals surface area contributed by atoms with Crippen molar-refractivity contribution in [1.82, 2.24) is 4.98 Å². The van der Waals surface area contributed by atoms with E-state index in [0.29, 0.717) is 0 Å². The van der Waals surface area contributed by atoms with E-state index >= 15 is 0 Å². The fourth-order valence-corrected chi connectivity index (χ4v) is 2.29. The van der Waals surface area contributed by atoms with Gasteiger partial charge >= 0.3 is 0 Å². The quantitative estimate of drug-likeness (QED) is 0.602. The number of para-hydroxylation sites is 1. The van der Waals surface area contributed by atoms with Crippen molar-refractivity contribution in [3.63, 3.8) is 0 Å². The largest absolute Gasteiger partial charge is 0.379 e. The summed E-state index contributed by atoms with van der Waals surface area (Å²) in [5.41, 5.74) is 2.23. The number of anilines is 1. The summed E-state index contributed by atoms with van der Waals surface area (Å²) in [6.45, 7) is 4.41. The first-order valence-electron chi connectivity index (χ1n) is 6.43. The number of hydrogen-bond acceptors (Lipinski definition) is 3. The molecule has 0 bridgehead atoms. The molecule has 0 aliphatic rings. The average molecular weight is 323 g/mol. The third-order valence-corrected chi connectivity index (χ3v) is 3.37. The number of aromatic nitrogens is 1. The Labute approximate surface area is 122 Å². The highest BCUT2D eigenvalue weighted by Gasteiger charge is 2.07. The molecule has 0 spiro atoms. The zero-order chi connectivity index (χ0) is 13.7. The van der Waals surface area contributed by atoms with E-state index < -0.39 is 0 Å². The summed E-state index contributed by atoms with van der Waals surface area (Å²) in [5, 5.41) is 2.07. The normalized spacial score (nSPS) is 10.9. The van der Waals surface area contributed by atoms with Gasteiger partial charge in [0.25, 0.3) is 0 Å². The SMILES string of the molecule is Cc1cc2ccccc2nc1N(C)CCOCCBr. The first-order valence-corrected chi connectivity index (χ1v) is 7.56. The van der Waals surface area contributed by atoms with Crippen LogP contribution in [0.1, 0.15) is 5.56 Å². The topological polar surface area (TPSA) is 25.4 Å². The summed E-state index contributed by atoms with van der Waals surface area (Å²) < 4.78 is 5.49. The number of likely N-dealkylation sites (N-methyl/N-ethyl adjacent to an activating group) is 1. The predicted molar refractivity (Wildman–Crippen MR) is 84.4 cm³/mol. The van der Waals surface area contributed by atoms with Crippen molar-refractivity contribution < 1.29 is 4.74 Å². The van der Waals surface area contributed by atoms with E-state index in [9.17, 15) is 0 Å². The van der Waals surface area contributed by atoms with Crippen LogP contribution >= 0.6 is 15.9 Å². The van der Waals surface area contributed by atoms with Gasteiger partial charge in [-0.15, -0.1) is 0 Å². The molecular weight excluding hydrogens is 304 g/mol. The van der Waals surface area contributed by atoms with Crippen molar-refractivity contribution in [1.29, 1.82) is 0 Å². The van der Waals surface area contributed by atoms with Gasteiger partial charge in [0.1, 0.15) is 5.82 Å². The molecule has 0 amide bonds. The van der Waals surface area contributed by atoms with Gasteiger partial charge in [0.2, 0.25) is 0 Å². The molecule has 1 aromatic heterocycles. The molecule has 19 heavy (non-hydrogen) atoms.